The van der Waals surface area contributed by atoms with Gasteiger partial charge in [-0.05, 0) is 49.2 Å². The first-order chi connectivity index (χ1) is 10.1. The zero-order valence-electron chi connectivity index (χ0n) is 11.9. The summed E-state index contributed by atoms with van der Waals surface area (Å²) in [6.07, 6.45) is 1.41. The summed E-state index contributed by atoms with van der Waals surface area (Å²) in [6.45, 7) is 2.78. The van der Waals surface area contributed by atoms with E-state index in [1.807, 2.05) is 13.0 Å². The Morgan fingerprint density at radius 3 is 2.57 bits per heavy atom. The molecule has 1 unspecified atom stereocenters. The summed E-state index contributed by atoms with van der Waals surface area (Å²) < 4.78 is 27.4. The van der Waals surface area contributed by atoms with Gasteiger partial charge in [-0.3, -0.25) is 0 Å². The minimum atomic E-state index is -0.340. The van der Waals surface area contributed by atoms with Crippen molar-refractivity contribution in [1.82, 2.24) is 5.32 Å². The minimum absolute atomic E-state index is 0.277. The maximum absolute atomic E-state index is 14.1. The van der Waals surface area contributed by atoms with Crippen molar-refractivity contribution in [2.75, 3.05) is 6.54 Å². The Kier molecular flexibility index (Phi) is 5.71. The van der Waals surface area contributed by atoms with E-state index < -0.39 is 0 Å². The third-order valence-corrected chi connectivity index (χ3v) is 3.65. The highest BCUT2D eigenvalue weighted by atomic mass is 35.5. The molecule has 0 saturated carbocycles. The third kappa shape index (κ3) is 4.26. The molecule has 0 spiro atoms. The molecule has 1 nitrogen and oxygen atoms in total. The van der Waals surface area contributed by atoms with Crippen molar-refractivity contribution in [2.45, 2.75) is 25.8 Å². The molecule has 0 aliphatic rings. The van der Waals surface area contributed by atoms with Gasteiger partial charge >= 0.3 is 0 Å². The third-order valence-electron chi connectivity index (χ3n) is 3.32. The van der Waals surface area contributed by atoms with Crippen LogP contribution in [-0.2, 0) is 6.42 Å². The van der Waals surface area contributed by atoms with E-state index in [1.165, 1.54) is 18.2 Å². The van der Waals surface area contributed by atoms with Crippen LogP contribution in [0.25, 0.3) is 0 Å². The van der Waals surface area contributed by atoms with Gasteiger partial charge in [-0.25, -0.2) is 8.78 Å². The van der Waals surface area contributed by atoms with Crippen LogP contribution in [0.1, 0.15) is 30.5 Å². The number of nitrogens with one attached hydrogen (secondary N) is 1. The Labute approximate surface area is 128 Å². The zero-order valence-corrected chi connectivity index (χ0v) is 12.6. The molecule has 0 saturated heterocycles. The molecule has 0 aliphatic carbocycles. The van der Waals surface area contributed by atoms with E-state index >= 15 is 0 Å². The first-order valence-electron chi connectivity index (χ1n) is 7.03. The molecule has 21 heavy (non-hydrogen) atoms. The molecule has 1 atom stereocenters. The summed E-state index contributed by atoms with van der Waals surface area (Å²) in [5, 5.41) is 3.68. The average molecular weight is 310 g/mol. The normalized spacial score (nSPS) is 12.4. The van der Waals surface area contributed by atoms with E-state index in [1.54, 1.807) is 18.2 Å². The van der Waals surface area contributed by atoms with Gasteiger partial charge in [0.15, 0.2) is 0 Å². The van der Waals surface area contributed by atoms with Crippen LogP contribution in [0.5, 0.6) is 0 Å². The molecule has 0 radical (unpaired) electrons. The summed E-state index contributed by atoms with van der Waals surface area (Å²) in [6, 6.07) is 10.7. The van der Waals surface area contributed by atoms with Crippen LogP contribution < -0.4 is 5.32 Å². The molecule has 1 N–H and O–H groups in total. The van der Waals surface area contributed by atoms with E-state index in [9.17, 15) is 8.78 Å². The van der Waals surface area contributed by atoms with Gasteiger partial charge in [0.1, 0.15) is 11.6 Å². The van der Waals surface area contributed by atoms with E-state index in [0.717, 1.165) is 18.5 Å². The summed E-state index contributed by atoms with van der Waals surface area (Å²) in [4.78, 5) is 0. The Morgan fingerprint density at radius 2 is 1.90 bits per heavy atom. The molecule has 2 aromatic rings. The van der Waals surface area contributed by atoms with Crippen LogP contribution in [0.3, 0.4) is 0 Å². The van der Waals surface area contributed by atoms with Crippen molar-refractivity contribution in [2.24, 2.45) is 0 Å². The summed E-state index contributed by atoms with van der Waals surface area (Å²) >= 11 is 6.15. The van der Waals surface area contributed by atoms with Crippen LogP contribution in [0.2, 0.25) is 5.02 Å². The number of hydrogen-bond donors (Lipinski definition) is 1. The molecular formula is C17H18ClF2N. The van der Waals surface area contributed by atoms with Gasteiger partial charge in [-0.15, -0.1) is 0 Å². The summed E-state index contributed by atoms with van der Waals surface area (Å²) in [5.74, 6) is -0.631. The number of halogens is 3. The van der Waals surface area contributed by atoms with Crippen molar-refractivity contribution < 1.29 is 8.78 Å². The van der Waals surface area contributed by atoms with E-state index in [-0.39, 0.29) is 17.7 Å². The van der Waals surface area contributed by atoms with Crippen LogP contribution in [0.4, 0.5) is 8.78 Å². The van der Waals surface area contributed by atoms with Crippen molar-refractivity contribution in [3.8, 4) is 0 Å². The molecule has 0 aromatic heterocycles. The van der Waals surface area contributed by atoms with Gasteiger partial charge in [-0.2, -0.15) is 0 Å². The predicted molar refractivity (Wildman–Crippen MR) is 82.5 cm³/mol. The van der Waals surface area contributed by atoms with Crippen LogP contribution >= 0.6 is 11.6 Å². The number of hydrogen-bond acceptors (Lipinski definition) is 1. The van der Waals surface area contributed by atoms with Gasteiger partial charge in [0.2, 0.25) is 0 Å². The van der Waals surface area contributed by atoms with Crippen LogP contribution in [0.15, 0.2) is 42.5 Å². The van der Waals surface area contributed by atoms with Crippen molar-refractivity contribution in [3.05, 3.63) is 70.2 Å². The second kappa shape index (κ2) is 7.53. The van der Waals surface area contributed by atoms with Crippen molar-refractivity contribution in [3.63, 3.8) is 0 Å². The minimum Gasteiger partial charge on any atom is -0.310 e. The average Bonchev–Trinajstić information content (AvgIpc) is 2.44. The highest BCUT2D eigenvalue weighted by molar-refractivity contribution is 6.31. The van der Waals surface area contributed by atoms with Crippen LogP contribution in [-0.4, -0.2) is 6.54 Å². The fourth-order valence-electron chi connectivity index (χ4n) is 2.34. The van der Waals surface area contributed by atoms with Gasteiger partial charge in [0.05, 0.1) is 0 Å². The van der Waals surface area contributed by atoms with E-state index in [0.29, 0.717) is 17.0 Å². The molecule has 0 aliphatic heterocycles. The molecule has 2 aromatic carbocycles. The first-order valence-corrected chi connectivity index (χ1v) is 7.41. The molecule has 0 bridgehead atoms. The monoisotopic (exact) mass is 309 g/mol. The molecule has 0 heterocycles. The van der Waals surface area contributed by atoms with E-state index in [4.69, 9.17) is 11.6 Å². The molecule has 2 rings (SSSR count). The highest BCUT2D eigenvalue weighted by Gasteiger charge is 2.19. The second-order valence-electron chi connectivity index (χ2n) is 4.98. The Morgan fingerprint density at radius 1 is 1.14 bits per heavy atom. The predicted octanol–water partition coefficient (Wildman–Crippen LogP) is 4.90. The van der Waals surface area contributed by atoms with Crippen molar-refractivity contribution in [1.29, 1.82) is 0 Å². The largest absolute Gasteiger partial charge is 0.310 e. The SMILES string of the molecule is CCCNC(Cc1cccc(F)c1)c1c(F)cccc1Cl. The van der Waals surface area contributed by atoms with Crippen LogP contribution in [0, 0.1) is 11.6 Å². The zero-order chi connectivity index (χ0) is 15.2. The first kappa shape index (κ1) is 15.9. The lowest BCUT2D eigenvalue weighted by molar-refractivity contribution is 0.496. The molecular weight excluding hydrogens is 292 g/mol. The summed E-state index contributed by atoms with van der Waals surface area (Å²) in [7, 11) is 0. The number of benzene rings is 2. The number of rotatable bonds is 6. The summed E-state index contributed by atoms with van der Waals surface area (Å²) in [5.41, 5.74) is 1.25. The van der Waals surface area contributed by atoms with Crippen molar-refractivity contribution >= 4 is 11.6 Å². The Hall–Kier alpha value is -1.45. The Bertz CT molecular complexity index is 581. The maximum atomic E-state index is 14.1. The molecule has 0 fully saturated rings. The Balaban J connectivity index is 2.30. The van der Waals surface area contributed by atoms with Gasteiger partial charge < -0.3 is 5.32 Å². The highest BCUT2D eigenvalue weighted by Crippen LogP contribution is 2.28. The quantitative estimate of drug-likeness (QED) is 0.800. The molecule has 0 amide bonds. The van der Waals surface area contributed by atoms with Gasteiger partial charge in [-0.1, -0.05) is 36.7 Å². The standard InChI is InChI=1S/C17H18ClF2N/c1-2-9-21-16(11-12-5-3-6-13(19)10-12)17-14(18)7-4-8-15(17)20/h3-8,10,16,21H,2,9,11H2,1H3. The van der Waals surface area contributed by atoms with E-state index in [2.05, 4.69) is 5.32 Å². The molecule has 112 valence electrons. The topological polar surface area (TPSA) is 12.0 Å². The molecule has 4 heteroatoms. The maximum Gasteiger partial charge on any atom is 0.129 e. The fourth-order valence-corrected chi connectivity index (χ4v) is 2.63. The lowest BCUT2D eigenvalue weighted by Crippen LogP contribution is -2.25. The lowest BCUT2D eigenvalue weighted by Gasteiger charge is -2.21. The smallest absolute Gasteiger partial charge is 0.129 e. The lowest BCUT2D eigenvalue weighted by atomic mass is 9.98. The van der Waals surface area contributed by atoms with Gasteiger partial charge in [0.25, 0.3) is 0 Å². The fraction of sp³-hybridized carbons (Fsp3) is 0.294. The second-order valence-corrected chi connectivity index (χ2v) is 5.38. The van der Waals surface area contributed by atoms with Gasteiger partial charge in [0, 0.05) is 16.6 Å².